The molecule has 8 heteroatoms. The van der Waals surface area contributed by atoms with Crippen LogP contribution in [0.25, 0.3) is 6.08 Å². The summed E-state index contributed by atoms with van der Waals surface area (Å²) in [4.78, 5) is 16.7. The van der Waals surface area contributed by atoms with Crippen LogP contribution in [0, 0.1) is 0 Å². The van der Waals surface area contributed by atoms with Gasteiger partial charge in [0, 0.05) is 4.47 Å². The number of esters is 1. The second kappa shape index (κ2) is 10.1. The Hall–Kier alpha value is -3.29. The number of rotatable bonds is 7. The largest absolute Gasteiger partial charge is 0.493 e. The van der Waals surface area contributed by atoms with Crippen molar-refractivity contribution in [3.63, 3.8) is 0 Å². The molecule has 0 N–H and O–H groups in total. The van der Waals surface area contributed by atoms with Crippen LogP contribution in [0.3, 0.4) is 0 Å². The number of hydrogen-bond donors (Lipinski definition) is 0. The van der Waals surface area contributed by atoms with Crippen LogP contribution in [0.15, 0.2) is 75.8 Å². The summed E-state index contributed by atoms with van der Waals surface area (Å²) in [7, 11) is 3.07. The first-order valence-corrected chi connectivity index (χ1v) is 11.1. The Kier molecular flexibility index (Phi) is 7.01. The van der Waals surface area contributed by atoms with Gasteiger partial charge in [-0.05, 0) is 53.6 Å². The van der Waals surface area contributed by atoms with Crippen LogP contribution in [-0.4, -0.2) is 26.1 Å². The van der Waals surface area contributed by atoms with E-state index in [1.165, 1.54) is 14.2 Å². The number of benzene rings is 3. The van der Waals surface area contributed by atoms with Gasteiger partial charge in [-0.2, -0.15) is 0 Å². The molecule has 168 valence electrons. The number of ether oxygens (including phenoxy) is 4. The first-order valence-electron chi connectivity index (χ1n) is 9.89. The smallest absolute Gasteiger partial charge is 0.363 e. The highest BCUT2D eigenvalue weighted by molar-refractivity contribution is 9.10. The van der Waals surface area contributed by atoms with Crippen LogP contribution in [0.1, 0.15) is 16.7 Å². The van der Waals surface area contributed by atoms with Crippen molar-refractivity contribution in [2.75, 3.05) is 14.2 Å². The van der Waals surface area contributed by atoms with Crippen molar-refractivity contribution >= 4 is 45.5 Å². The highest BCUT2D eigenvalue weighted by Gasteiger charge is 2.26. The van der Waals surface area contributed by atoms with Crippen molar-refractivity contribution in [1.29, 1.82) is 0 Å². The summed E-state index contributed by atoms with van der Waals surface area (Å²) >= 11 is 9.62. The third kappa shape index (κ3) is 5.21. The summed E-state index contributed by atoms with van der Waals surface area (Å²) in [5.74, 6) is 0.961. The lowest BCUT2D eigenvalue weighted by Crippen LogP contribution is -2.05. The van der Waals surface area contributed by atoms with Gasteiger partial charge in [0.1, 0.15) is 6.61 Å². The number of carbonyl (C=O) groups is 1. The van der Waals surface area contributed by atoms with Crippen LogP contribution >= 0.6 is 27.5 Å². The Labute approximate surface area is 204 Å². The molecule has 0 fully saturated rings. The molecule has 1 aliphatic heterocycles. The highest BCUT2D eigenvalue weighted by Crippen LogP contribution is 2.40. The van der Waals surface area contributed by atoms with E-state index in [4.69, 9.17) is 30.5 Å². The molecule has 0 aliphatic carbocycles. The minimum atomic E-state index is -0.571. The highest BCUT2D eigenvalue weighted by atomic mass is 79.9. The predicted octanol–water partition coefficient (Wildman–Crippen LogP) is 6.04. The number of hydrogen-bond acceptors (Lipinski definition) is 6. The standard InChI is InChI=1S/C25H19BrClNO5/c1-30-21-12-16(11-20-25(29)33-24(28-20)18-5-3-4-6-19(18)27)13-22(31-2)23(21)32-14-15-7-9-17(26)10-8-15/h3-13H,14H2,1-2H3/b20-11-. The van der Waals surface area contributed by atoms with Gasteiger partial charge in [0.2, 0.25) is 11.6 Å². The van der Waals surface area contributed by atoms with Gasteiger partial charge in [-0.15, -0.1) is 0 Å². The Balaban J connectivity index is 1.63. The van der Waals surface area contributed by atoms with Gasteiger partial charge in [-0.3, -0.25) is 0 Å². The first kappa shape index (κ1) is 22.9. The third-order valence-corrected chi connectivity index (χ3v) is 5.67. The molecule has 0 radical (unpaired) electrons. The molecule has 3 aromatic carbocycles. The molecule has 0 unspecified atom stereocenters. The van der Waals surface area contributed by atoms with Gasteiger partial charge in [-0.25, -0.2) is 9.79 Å². The number of methoxy groups -OCH3 is 2. The molecular weight excluding hydrogens is 510 g/mol. The van der Waals surface area contributed by atoms with Crippen molar-refractivity contribution in [3.05, 3.63) is 92.5 Å². The molecule has 3 aromatic rings. The van der Waals surface area contributed by atoms with E-state index in [1.807, 2.05) is 24.3 Å². The zero-order chi connectivity index (χ0) is 23.4. The SMILES string of the molecule is COc1cc(/C=C2\N=C(c3ccccc3Cl)OC2=O)cc(OC)c1OCc1ccc(Br)cc1. The van der Waals surface area contributed by atoms with E-state index in [1.54, 1.807) is 42.5 Å². The fourth-order valence-corrected chi connectivity index (χ4v) is 3.66. The number of carbonyl (C=O) groups excluding carboxylic acids is 1. The molecule has 0 aromatic heterocycles. The molecule has 0 amide bonds. The normalized spacial score (nSPS) is 14.1. The maximum Gasteiger partial charge on any atom is 0.363 e. The maximum atomic E-state index is 12.4. The zero-order valence-electron chi connectivity index (χ0n) is 17.8. The fraction of sp³-hybridized carbons (Fsp3) is 0.120. The van der Waals surface area contributed by atoms with Gasteiger partial charge in [-0.1, -0.05) is 51.8 Å². The summed E-state index contributed by atoms with van der Waals surface area (Å²) in [6.07, 6.45) is 1.59. The topological polar surface area (TPSA) is 66.4 Å². The van der Waals surface area contributed by atoms with Crippen molar-refractivity contribution < 1.29 is 23.7 Å². The third-order valence-electron chi connectivity index (χ3n) is 4.81. The van der Waals surface area contributed by atoms with Crippen LogP contribution in [0.5, 0.6) is 17.2 Å². The molecule has 1 heterocycles. The summed E-state index contributed by atoms with van der Waals surface area (Å²) in [5, 5.41) is 0.445. The Morgan fingerprint density at radius 1 is 1.03 bits per heavy atom. The average Bonchev–Trinajstić information content (AvgIpc) is 3.18. The lowest BCUT2D eigenvalue weighted by molar-refractivity contribution is -0.129. The average molecular weight is 529 g/mol. The van der Waals surface area contributed by atoms with Crippen LogP contribution < -0.4 is 14.2 Å². The van der Waals surface area contributed by atoms with Crippen molar-refractivity contribution in [2.45, 2.75) is 6.61 Å². The van der Waals surface area contributed by atoms with Gasteiger partial charge >= 0.3 is 5.97 Å². The van der Waals surface area contributed by atoms with Gasteiger partial charge in [0.25, 0.3) is 0 Å². The minimum absolute atomic E-state index is 0.137. The van der Waals surface area contributed by atoms with E-state index in [2.05, 4.69) is 20.9 Å². The number of cyclic esters (lactones) is 1. The van der Waals surface area contributed by atoms with Crippen LogP contribution in [0.2, 0.25) is 5.02 Å². The van der Waals surface area contributed by atoms with E-state index < -0.39 is 5.97 Å². The summed E-state index contributed by atoms with van der Waals surface area (Å²) in [5.41, 5.74) is 2.31. The molecule has 0 saturated carbocycles. The Morgan fingerprint density at radius 3 is 2.33 bits per heavy atom. The number of nitrogens with zero attached hydrogens (tertiary/aromatic N) is 1. The van der Waals surface area contributed by atoms with Crippen molar-refractivity contribution in [1.82, 2.24) is 0 Å². The monoisotopic (exact) mass is 527 g/mol. The molecule has 0 spiro atoms. The Bertz CT molecular complexity index is 1230. The second-order valence-corrected chi connectivity index (χ2v) is 8.31. The summed E-state index contributed by atoms with van der Waals surface area (Å²) < 4.78 is 23.3. The van der Waals surface area contributed by atoms with Crippen molar-refractivity contribution in [3.8, 4) is 17.2 Å². The molecule has 0 atom stereocenters. The maximum absolute atomic E-state index is 12.4. The molecule has 33 heavy (non-hydrogen) atoms. The Morgan fingerprint density at radius 2 is 1.70 bits per heavy atom. The van der Waals surface area contributed by atoms with Gasteiger partial charge in [0.15, 0.2) is 17.2 Å². The molecule has 6 nitrogen and oxygen atoms in total. The predicted molar refractivity (Wildman–Crippen MR) is 130 cm³/mol. The van der Waals surface area contributed by atoms with Gasteiger partial charge in [0.05, 0.1) is 24.8 Å². The molecular formula is C25H19BrClNO5. The number of halogens is 2. The fourth-order valence-electron chi connectivity index (χ4n) is 3.18. The quantitative estimate of drug-likeness (QED) is 0.276. The van der Waals surface area contributed by atoms with E-state index in [0.29, 0.717) is 40.0 Å². The van der Waals surface area contributed by atoms with E-state index in [9.17, 15) is 4.79 Å². The van der Waals surface area contributed by atoms with E-state index in [0.717, 1.165) is 10.0 Å². The minimum Gasteiger partial charge on any atom is -0.493 e. The lowest BCUT2D eigenvalue weighted by atomic mass is 10.1. The summed E-state index contributed by atoms with van der Waals surface area (Å²) in [6, 6.07) is 18.3. The van der Waals surface area contributed by atoms with Crippen LogP contribution in [0.4, 0.5) is 0 Å². The van der Waals surface area contributed by atoms with Gasteiger partial charge < -0.3 is 18.9 Å². The molecule has 1 aliphatic rings. The molecule has 0 saturated heterocycles. The molecule has 4 rings (SSSR count). The summed E-state index contributed by atoms with van der Waals surface area (Å²) in [6.45, 7) is 0.332. The van der Waals surface area contributed by atoms with Crippen LogP contribution in [-0.2, 0) is 16.1 Å². The van der Waals surface area contributed by atoms with Crippen molar-refractivity contribution in [2.24, 2.45) is 4.99 Å². The number of aliphatic imine (C=N–C) groups is 1. The zero-order valence-corrected chi connectivity index (χ0v) is 20.1. The lowest BCUT2D eigenvalue weighted by Gasteiger charge is -2.15. The second-order valence-electron chi connectivity index (χ2n) is 6.99. The van der Waals surface area contributed by atoms with E-state index >= 15 is 0 Å². The molecule has 0 bridgehead atoms. The van der Waals surface area contributed by atoms with E-state index in [-0.39, 0.29) is 11.6 Å². The first-order chi connectivity index (χ1) is 16.0.